The summed E-state index contributed by atoms with van der Waals surface area (Å²) >= 11 is 0. The van der Waals surface area contributed by atoms with Crippen LogP contribution in [0.5, 0.6) is 5.75 Å². The Morgan fingerprint density at radius 2 is 1.93 bits per heavy atom. The first-order valence-electron chi connectivity index (χ1n) is 10.7. The van der Waals surface area contributed by atoms with E-state index in [1.165, 1.54) is 0 Å². The minimum absolute atomic E-state index is 0.114. The predicted octanol–water partition coefficient (Wildman–Crippen LogP) is 4.20. The number of ether oxygens (including phenoxy) is 4. The zero-order valence-electron chi connectivity index (χ0n) is 18.2. The second-order valence-electron chi connectivity index (χ2n) is 8.76. The Hall–Kier alpha value is -2.30. The van der Waals surface area contributed by atoms with E-state index < -0.39 is 5.60 Å². The van der Waals surface area contributed by atoms with Crippen molar-refractivity contribution in [2.75, 3.05) is 32.9 Å². The lowest BCUT2D eigenvalue weighted by Gasteiger charge is -2.33. The Balaban J connectivity index is 1.50. The smallest absolute Gasteiger partial charge is 0.410 e. The summed E-state index contributed by atoms with van der Waals surface area (Å²) in [6.45, 7) is 8.76. The summed E-state index contributed by atoms with van der Waals surface area (Å²) in [5.74, 6) is 0.957. The zero-order valence-corrected chi connectivity index (χ0v) is 18.2. The molecule has 0 atom stereocenters. The number of carbonyl (C=O) groups is 1. The lowest BCUT2D eigenvalue weighted by Crippen LogP contribution is -2.41. The largest absolute Gasteiger partial charge is 0.494 e. The Bertz CT molecular complexity index is 754. The van der Waals surface area contributed by atoms with Crippen LogP contribution in [0.1, 0.15) is 63.5 Å². The van der Waals surface area contributed by atoms with Gasteiger partial charge in [-0.15, -0.1) is 0 Å². The highest BCUT2D eigenvalue weighted by Gasteiger charge is 2.28. The Morgan fingerprint density at radius 1 is 1.23 bits per heavy atom. The van der Waals surface area contributed by atoms with Crippen molar-refractivity contribution in [1.29, 1.82) is 5.26 Å². The molecular weight excluding hydrogens is 384 g/mol. The number of piperidine rings is 1. The standard InChI is InChI=1S/C23H32N2O5/c1-23(2,3)30-22(26)25-10-8-17(9-11-25)20-7-6-19(15-18(20)16-24)27-12-4-5-21-28-13-14-29-21/h6-7,15,17,21H,4-5,8-14H2,1-3H3. The fourth-order valence-corrected chi connectivity index (χ4v) is 3.79. The minimum atomic E-state index is -0.491. The molecule has 0 bridgehead atoms. The number of rotatable bonds is 6. The molecule has 7 nitrogen and oxygen atoms in total. The maximum atomic E-state index is 12.3. The van der Waals surface area contributed by atoms with Gasteiger partial charge in [0.05, 0.1) is 31.5 Å². The molecule has 1 amide bonds. The van der Waals surface area contributed by atoms with Gasteiger partial charge in [0.15, 0.2) is 6.29 Å². The van der Waals surface area contributed by atoms with Crippen LogP contribution in [0.25, 0.3) is 0 Å². The monoisotopic (exact) mass is 416 g/mol. The van der Waals surface area contributed by atoms with Gasteiger partial charge in [-0.2, -0.15) is 5.26 Å². The molecule has 3 rings (SSSR count). The minimum Gasteiger partial charge on any atom is -0.494 e. The van der Waals surface area contributed by atoms with Crippen molar-refractivity contribution in [2.24, 2.45) is 0 Å². The first-order chi connectivity index (χ1) is 14.4. The summed E-state index contributed by atoms with van der Waals surface area (Å²) < 4.78 is 22.1. The third-order valence-corrected chi connectivity index (χ3v) is 5.28. The molecule has 2 aliphatic heterocycles. The highest BCUT2D eigenvalue weighted by molar-refractivity contribution is 5.68. The van der Waals surface area contributed by atoms with Gasteiger partial charge >= 0.3 is 6.09 Å². The first kappa shape index (κ1) is 22.4. The van der Waals surface area contributed by atoms with Crippen LogP contribution >= 0.6 is 0 Å². The second kappa shape index (κ2) is 10.1. The third-order valence-electron chi connectivity index (χ3n) is 5.28. The van der Waals surface area contributed by atoms with Crippen LogP contribution in [0.2, 0.25) is 0 Å². The first-order valence-corrected chi connectivity index (χ1v) is 10.7. The number of nitriles is 1. The molecular formula is C23H32N2O5. The molecule has 0 radical (unpaired) electrons. The van der Waals surface area contributed by atoms with Crippen molar-refractivity contribution in [3.8, 4) is 11.8 Å². The third kappa shape index (κ3) is 6.35. The average molecular weight is 417 g/mol. The van der Waals surface area contributed by atoms with E-state index in [0.717, 1.165) is 31.2 Å². The van der Waals surface area contributed by atoms with Crippen LogP contribution in [-0.4, -0.2) is 55.8 Å². The van der Waals surface area contributed by atoms with E-state index in [4.69, 9.17) is 18.9 Å². The van der Waals surface area contributed by atoms with Gasteiger partial charge in [0.1, 0.15) is 11.4 Å². The molecule has 1 aromatic carbocycles. The molecule has 2 heterocycles. The lowest BCUT2D eigenvalue weighted by atomic mass is 9.87. The van der Waals surface area contributed by atoms with Gasteiger partial charge in [-0.25, -0.2) is 4.79 Å². The number of amides is 1. The summed E-state index contributed by atoms with van der Waals surface area (Å²) in [5.41, 5.74) is 1.18. The second-order valence-corrected chi connectivity index (χ2v) is 8.76. The van der Waals surface area contributed by atoms with E-state index >= 15 is 0 Å². The van der Waals surface area contributed by atoms with Gasteiger partial charge in [-0.1, -0.05) is 6.07 Å². The van der Waals surface area contributed by atoms with Gasteiger partial charge in [-0.05, 0) is 63.6 Å². The molecule has 0 saturated carbocycles. The fourth-order valence-electron chi connectivity index (χ4n) is 3.79. The number of carbonyl (C=O) groups excluding carboxylic acids is 1. The van der Waals surface area contributed by atoms with Crippen molar-refractivity contribution in [1.82, 2.24) is 4.90 Å². The average Bonchev–Trinajstić information content (AvgIpc) is 3.23. The molecule has 164 valence electrons. The maximum absolute atomic E-state index is 12.3. The molecule has 2 aliphatic rings. The lowest BCUT2D eigenvalue weighted by molar-refractivity contribution is -0.0493. The SMILES string of the molecule is CC(C)(C)OC(=O)N1CCC(c2ccc(OCCCC3OCCO3)cc2C#N)CC1. The summed E-state index contributed by atoms with van der Waals surface area (Å²) in [7, 11) is 0. The summed E-state index contributed by atoms with van der Waals surface area (Å²) in [4.78, 5) is 14.0. The molecule has 30 heavy (non-hydrogen) atoms. The molecule has 0 spiro atoms. The van der Waals surface area contributed by atoms with Gasteiger partial charge in [0, 0.05) is 19.5 Å². The predicted molar refractivity (Wildman–Crippen MR) is 111 cm³/mol. The fraction of sp³-hybridized carbons (Fsp3) is 0.652. The van der Waals surface area contributed by atoms with Gasteiger partial charge in [0.25, 0.3) is 0 Å². The van der Waals surface area contributed by atoms with Crippen molar-refractivity contribution < 1.29 is 23.7 Å². The van der Waals surface area contributed by atoms with Gasteiger partial charge < -0.3 is 23.8 Å². The van der Waals surface area contributed by atoms with E-state index in [9.17, 15) is 10.1 Å². The molecule has 2 fully saturated rings. The molecule has 0 unspecified atom stereocenters. The van der Waals surface area contributed by atoms with Crippen LogP contribution in [0.4, 0.5) is 4.79 Å². The molecule has 2 saturated heterocycles. The highest BCUT2D eigenvalue weighted by Crippen LogP contribution is 2.32. The molecule has 0 aliphatic carbocycles. The molecule has 0 aromatic heterocycles. The summed E-state index contributed by atoms with van der Waals surface area (Å²) in [6.07, 6.45) is 2.89. The van der Waals surface area contributed by atoms with E-state index in [1.807, 2.05) is 39.0 Å². The summed E-state index contributed by atoms with van der Waals surface area (Å²) in [5, 5.41) is 9.63. The number of hydrogen-bond acceptors (Lipinski definition) is 6. The normalized spacial score (nSPS) is 18.3. The molecule has 1 aromatic rings. The Kier molecular flexibility index (Phi) is 7.57. The van der Waals surface area contributed by atoms with E-state index in [2.05, 4.69) is 6.07 Å². The molecule has 0 N–H and O–H groups in total. The van der Waals surface area contributed by atoms with Crippen LogP contribution in [0.3, 0.4) is 0 Å². The summed E-state index contributed by atoms with van der Waals surface area (Å²) in [6, 6.07) is 8.05. The van der Waals surface area contributed by atoms with E-state index in [-0.39, 0.29) is 18.3 Å². The van der Waals surface area contributed by atoms with E-state index in [0.29, 0.717) is 44.2 Å². The highest BCUT2D eigenvalue weighted by atomic mass is 16.7. The van der Waals surface area contributed by atoms with Crippen molar-refractivity contribution >= 4 is 6.09 Å². The Morgan fingerprint density at radius 3 is 2.57 bits per heavy atom. The number of likely N-dealkylation sites (tertiary alicyclic amines) is 1. The van der Waals surface area contributed by atoms with Crippen molar-refractivity contribution in [3.63, 3.8) is 0 Å². The quantitative estimate of drug-likeness (QED) is 0.647. The van der Waals surface area contributed by atoms with E-state index in [1.54, 1.807) is 4.90 Å². The topological polar surface area (TPSA) is 81.0 Å². The molecule has 7 heteroatoms. The van der Waals surface area contributed by atoms with Gasteiger partial charge in [-0.3, -0.25) is 0 Å². The van der Waals surface area contributed by atoms with Gasteiger partial charge in [0.2, 0.25) is 0 Å². The van der Waals surface area contributed by atoms with Crippen LogP contribution in [0.15, 0.2) is 18.2 Å². The van der Waals surface area contributed by atoms with Crippen LogP contribution in [-0.2, 0) is 14.2 Å². The van der Waals surface area contributed by atoms with Crippen LogP contribution < -0.4 is 4.74 Å². The van der Waals surface area contributed by atoms with Crippen molar-refractivity contribution in [2.45, 2.75) is 64.3 Å². The number of benzene rings is 1. The maximum Gasteiger partial charge on any atom is 0.410 e. The van der Waals surface area contributed by atoms with Crippen LogP contribution in [0, 0.1) is 11.3 Å². The number of hydrogen-bond donors (Lipinski definition) is 0. The zero-order chi connectivity index (χ0) is 21.6. The van der Waals surface area contributed by atoms with Crippen molar-refractivity contribution in [3.05, 3.63) is 29.3 Å². The number of nitrogens with zero attached hydrogens (tertiary/aromatic N) is 2. The Labute approximate surface area is 178 Å².